The van der Waals surface area contributed by atoms with E-state index in [2.05, 4.69) is 15.0 Å². The lowest BCUT2D eigenvalue weighted by Gasteiger charge is -2.07. The number of benzene rings is 2. The van der Waals surface area contributed by atoms with Gasteiger partial charge < -0.3 is 10.1 Å². The van der Waals surface area contributed by atoms with Crippen LogP contribution in [0.5, 0.6) is 11.5 Å². The number of hydrogen-bond acceptors (Lipinski definition) is 7. The smallest absolute Gasteiger partial charge is 0.270 e. The van der Waals surface area contributed by atoms with Crippen LogP contribution in [0.1, 0.15) is 5.56 Å². The number of nitrogens with zero attached hydrogens (tertiary/aromatic N) is 2. The highest BCUT2D eigenvalue weighted by Gasteiger charge is 2.17. The van der Waals surface area contributed by atoms with Crippen molar-refractivity contribution in [1.82, 2.24) is 15.0 Å². The number of aromatic nitrogens is 1. The van der Waals surface area contributed by atoms with E-state index in [4.69, 9.17) is 4.74 Å². The van der Waals surface area contributed by atoms with Crippen LogP contribution in [0.3, 0.4) is 0 Å². The molecular weight excluding hydrogens is 467 g/mol. The highest BCUT2D eigenvalue weighted by molar-refractivity contribution is 7.89. The fourth-order valence-corrected chi connectivity index (χ4v) is 3.76. The molecule has 0 unspecified atom stereocenters. The number of halogens is 1. The number of pyridine rings is 1. The van der Waals surface area contributed by atoms with Crippen molar-refractivity contribution in [3.05, 3.63) is 94.6 Å². The van der Waals surface area contributed by atoms with Gasteiger partial charge in [-0.05, 0) is 42.0 Å². The number of sulfonamides is 1. The zero-order valence-electron chi connectivity index (χ0n) is 17.5. The van der Waals surface area contributed by atoms with Gasteiger partial charge in [0.2, 0.25) is 15.9 Å². The maximum atomic E-state index is 14.2. The number of nitro benzene ring substituents is 1. The van der Waals surface area contributed by atoms with Crippen molar-refractivity contribution in [2.75, 3.05) is 13.1 Å². The monoisotopic (exact) mass is 486 g/mol. The molecule has 10 nitrogen and oxygen atoms in total. The molecule has 0 saturated carbocycles. The minimum atomic E-state index is -3.98. The molecule has 3 aromatic rings. The van der Waals surface area contributed by atoms with Gasteiger partial charge in [-0.25, -0.2) is 17.5 Å². The molecule has 0 spiro atoms. The third-order valence-electron chi connectivity index (χ3n) is 4.30. The van der Waals surface area contributed by atoms with Crippen molar-refractivity contribution in [1.29, 1.82) is 0 Å². The first kappa shape index (κ1) is 24.5. The first-order valence-electron chi connectivity index (χ1n) is 9.82. The van der Waals surface area contributed by atoms with E-state index in [-0.39, 0.29) is 29.4 Å². The minimum Gasteiger partial charge on any atom is -0.453 e. The molecule has 3 rings (SSSR count). The molecule has 0 aliphatic carbocycles. The van der Waals surface area contributed by atoms with Gasteiger partial charge in [0.1, 0.15) is 5.75 Å². The van der Waals surface area contributed by atoms with Crippen molar-refractivity contribution in [2.45, 2.75) is 4.90 Å². The number of amides is 1. The Morgan fingerprint density at radius 1 is 1.15 bits per heavy atom. The summed E-state index contributed by atoms with van der Waals surface area (Å²) in [6.07, 6.45) is 5.57. The second kappa shape index (κ2) is 11.1. The zero-order chi connectivity index (χ0) is 24.6. The van der Waals surface area contributed by atoms with Crippen molar-refractivity contribution < 1.29 is 27.3 Å². The maximum absolute atomic E-state index is 14.2. The number of hydrogen-bond donors (Lipinski definition) is 2. The van der Waals surface area contributed by atoms with E-state index in [9.17, 15) is 27.7 Å². The fourth-order valence-electron chi connectivity index (χ4n) is 2.69. The summed E-state index contributed by atoms with van der Waals surface area (Å²) in [5.74, 6) is -0.761. The Bertz CT molecular complexity index is 1320. The SMILES string of the molecule is O=C(/C=C/c1ccc(Oc2cccnc2)c(F)c1)NCCNS(=O)(=O)c1cccc([N+](=O)[O-])c1. The van der Waals surface area contributed by atoms with Gasteiger partial charge in [0.25, 0.3) is 5.69 Å². The summed E-state index contributed by atoms with van der Waals surface area (Å²) in [7, 11) is -3.98. The third-order valence-corrected chi connectivity index (χ3v) is 5.76. The molecule has 0 atom stereocenters. The summed E-state index contributed by atoms with van der Waals surface area (Å²) >= 11 is 0. The van der Waals surface area contributed by atoms with Crippen molar-refractivity contribution in [3.63, 3.8) is 0 Å². The number of carbonyl (C=O) groups is 1. The van der Waals surface area contributed by atoms with E-state index in [1.807, 2.05) is 0 Å². The molecule has 34 heavy (non-hydrogen) atoms. The summed E-state index contributed by atoms with van der Waals surface area (Å²) in [6.45, 7) is -0.177. The van der Waals surface area contributed by atoms with E-state index in [0.717, 1.165) is 6.07 Å². The Morgan fingerprint density at radius 3 is 2.68 bits per heavy atom. The summed E-state index contributed by atoms with van der Waals surface area (Å²) in [5, 5.41) is 13.3. The molecule has 0 radical (unpaired) electrons. The maximum Gasteiger partial charge on any atom is 0.270 e. The van der Waals surface area contributed by atoms with Gasteiger partial charge >= 0.3 is 0 Å². The summed E-state index contributed by atoms with van der Waals surface area (Å²) in [6, 6.07) is 12.1. The van der Waals surface area contributed by atoms with Gasteiger partial charge in [0, 0.05) is 37.5 Å². The van der Waals surface area contributed by atoms with Crippen LogP contribution in [0.25, 0.3) is 6.08 Å². The van der Waals surface area contributed by atoms with Crippen LogP contribution in [-0.4, -0.2) is 37.3 Å². The first-order valence-corrected chi connectivity index (χ1v) is 11.3. The van der Waals surface area contributed by atoms with Gasteiger partial charge in [-0.2, -0.15) is 0 Å². The predicted octanol–water partition coefficient (Wildman–Crippen LogP) is 3.03. The molecule has 0 fully saturated rings. The lowest BCUT2D eigenvalue weighted by molar-refractivity contribution is -0.385. The Balaban J connectivity index is 1.48. The number of nitro groups is 1. The van der Waals surface area contributed by atoms with Crippen LogP contribution in [0.15, 0.2) is 78.0 Å². The quantitative estimate of drug-likeness (QED) is 0.194. The number of carbonyl (C=O) groups excluding carboxylic acids is 1. The van der Waals surface area contributed by atoms with Crippen molar-refractivity contribution in [2.24, 2.45) is 0 Å². The van der Waals surface area contributed by atoms with E-state index >= 15 is 0 Å². The normalized spacial score (nSPS) is 11.3. The molecule has 0 aliphatic heterocycles. The van der Waals surface area contributed by atoms with E-state index in [1.165, 1.54) is 48.7 Å². The lowest BCUT2D eigenvalue weighted by Crippen LogP contribution is -2.34. The standard InChI is InChI=1S/C22H19FN4O6S/c23-20-13-16(6-8-21(20)33-18-4-2-10-24-15-18)7-9-22(28)25-11-12-26-34(31,32)19-5-1-3-17(14-19)27(29)30/h1-10,13-15,26H,11-12H2,(H,25,28)/b9-7+. The number of nitrogens with one attached hydrogen (secondary N) is 2. The predicted molar refractivity (Wildman–Crippen MR) is 121 cm³/mol. The lowest BCUT2D eigenvalue weighted by atomic mass is 10.2. The first-order chi connectivity index (χ1) is 16.2. The second-order valence-electron chi connectivity index (χ2n) is 6.76. The van der Waals surface area contributed by atoms with Gasteiger partial charge in [0.05, 0.1) is 16.0 Å². The van der Waals surface area contributed by atoms with Crippen LogP contribution >= 0.6 is 0 Å². The number of non-ortho nitro benzene ring substituents is 1. The fraction of sp³-hybridized carbons (Fsp3) is 0.0909. The topological polar surface area (TPSA) is 141 Å². The second-order valence-corrected chi connectivity index (χ2v) is 8.52. The summed E-state index contributed by atoms with van der Waals surface area (Å²) < 4.78 is 46.4. The molecule has 2 aromatic carbocycles. The highest BCUT2D eigenvalue weighted by atomic mass is 32.2. The Labute approximate surface area is 194 Å². The van der Waals surface area contributed by atoms with E-state index < -0.39 is 26.7 Å². The molecule has 2 N–H and O–H groups in total. The summed E-state index contributed by atoms with van der Waals surface area (Å²) in [4.78, 5) is 25.7. The Morgan fingerprint density at radius 2 is 1.97 bits per heavy atom. The average Bonchev–Trinajstić information content (AvgIpc) is 2.83. The van der Waals surface area contributed by atoms with Crippen LogP contribution < -0.4 is 14.8 Å². The molecule has 1 heterocycles. The van der Waals surface area contributed by atoms with Crippen molar-refractivity contribution in [3.8, 4) is 11.5 Å². The number of rotatable bonds is 10. The zero-order valence-corrected chi connectivity index (χ0v) is 18.4. The van der Waals surface area contributed by atoms with Crippen molar-refractivity contribution >= 4 is 27.7 Å². The molecule has 1 amide bonds. The highest BCUT2D eigenvalue weighted by Crippen LogP contribution is 2.24. The van der Waals surface area contributed by atoms with Crippen LogP contribution in [-0.2, 0) is 14.8 Å². The Hall–Kier alpha value is -4.16. The van der Waals surface area contributed by atoms with Crippen LogP contribution in [0.4, 0.5) is 10.1 Å². The molecule has 0 aliphatic rings. The molecular formula is C22H19FN4O6S. The molecule has 0 saturated heterocycles. The van der Waals surface area contributed by atoms with Crippen LogP contribution in [0, 0.1) is 15.9 Å². The molecule has 176 valence electrons. The van der Waals surface area contributed by atoms with Gasteiger partial charge in [-0.1, -0.05) is 12.1 Å². The molecule has 1 aromatic heterocycles. The summed E-state index contributed by atoms with van der Waals surface area (Å²) in [5.41, 5.74) is 0.0620. The average molecular weight is 486 g/mol. The molecule has 0 bridgehead atoms. The third kappa shape index (κ3) is 6.92. The van der Waals surface area contributed by atoms with Gasteiger partial charge in [-0.15, -0.1) is 0 Å². The minimum absolute atomic E-state index is 0.00522. The molecule has 12 heteroatoms. The van der Waals surface area contributed by atoms with Gasteiger partial charge in [0.15, 0.2) is 11.6 Å². The van der Waals surface area contributed by atoms with E-state index in [1.54, 1.807) is 24.4 Å². The van der Waals surface area contributed by atoms with Crippen LogP contribution in [0.2, 0.25) is 0 Å². The van der Waals surface area contributed by atoms with E-state index in [0.29, 0.717) is 11.3 Å². The van der Waals surface area contributed by atoms with Gasteiger partial charge in [-0.3, -0.25) is 19.9 Å². The Kier molecular flexibility index (Phi) is 8.01. The largest absolute Gasteiger partial charge is 0.453 e. The number of ether oxygens (including phenoxy) is 1.